The van der Waals surface area contributed by atoms with Crippen LogP contribution in [0.15, 0.2) is 29.2 Å². The average Bonchev–Trinajstić information content (AvgIpc) is 3.36. The number of anilines is 1. The number of rotatable bonds is 9. The molecule has 1 N–H and O–H groups in total. The predicted molar refractivity (Wildman–Crippen MR) is 115 cm³/mol. The zero-order chi connectivity index (χ0) is 20.9. The number of nitrogens with zero attached hydrogens (tertiary/aromatic N) is 3. The molecule has 0 radical (unpaired) electrons. The molecule has 7 nitrogen and oxygen atoms in total. The Kier molecular flexibility index (Phi) is 7.67. The third-order valence-corrected chi connectivity index (χ3v) is 8.06. The molecule has 1 atom stereocenters. The van der Waals surface area contributed by atoms with Gasteiger partial charge in [-0.2, -0.15) is 4.31 Å². The van der Waals surface area contributed by atoms with Crippen molar-refractivity contribution in [3.63, 3.8) is 0 Å². The van der Waals surface area contributed by atoms with Gasteiger partial charge in [-0.15, -0.1) is 0 Å². The molecule has 1 unspecified atom stereocenters. The van der Waals surface area contributed by atoms with E-state index in [0.29, 0.717) is 31.4 Å². The van der Waals surface area contributed by atoms with Crippen LogP contribution in [0.2, 0.25) is 0 Å². The van der Waals surface area contributed by atoms with Crippen molar-refractivity contribution in [1.29, 1.82) is 0 Å². The number of carbonyl (C=O) groups excluding carboxylic acids is 1. The van der Waals surface area contributed by atoms with Gasteiger partial charge in [0, 0.05) is 31.4 Å². The lowest BCUT2D eigenvalue weighted by Gasteiger charge is -2.27. The van der Waals surface area contributed by atoms with E-state index in [0.717, 1.165) is 25.9 Å². The van der Waals surface area contributed by atoms with Crippen LogP contribution in [-0.2, 0) is 14.8 Å². The number of sulfonamides is 1. The van der Waals surface area contributed by atoms with Gasteiger partial charge in [0.25, 0.3) is 0 Å². The fraction of sp³-hybridized carbons (Fsp3) is 0.667. The number of amides is 1. The van der Waals surface area contributed by atoms with Gasteiger partial charge in [-0.3, -0.25) is 9.69 Å². The topological polar surface area (TPSA) is 73.0 Å². The number of hydrogen-bond donors (Lipinski definition) is 1. The molecule has 1 aromatic rings. The van der Waals surface area contributed by atoms with E-state index in [2.05, 4.69) is 15.1 Å². The van der Waals surface area contributed by atoms with Gasteiger partial charge in [0.1, 0.15) is 0 Å². The Balaban J connectivity index is 1.55. The van der Waals surface area contributed by atoms with E-state index >= 15 is 0 Å². The van der Waals surface area contributed by atoms with E-state index in [1.165, 1.54) is 30.2 Å². The fourth-order valence-electron chi connectivity index (χ4n) is 4.38. The molecular formula is C21H34N4O3S. The zero-order valence-electron chi connectivity index (χ0n) is 17.6. The molecule has 2 aliphatic heterocycles. The summed E-state index contributed by atoms with van der Waals surface area (Å²) in [6, 6.07) is 6.92. The molecule has 0 aliphatic carbocycles. The molecule has 0 saturated carbocycles. The maximum atomic E-state index is 12.6. The van der Waals surface area contributed by atoms with Crippen LogP contribution in [0, 0.1) is 0 Å². The summed E-state index contributed by atoms with van der Waals surface area (Å²) < 4.78 is 26.6. The van der Waals surface area contributed by atoms with Gasteiger partial charge in [0.2, 0.25) is 15.9 Å². The first-order chi connectivity index (χ1) is 13.9. The first kappa shape index (κ1) is 22.2. The van der Waals surface area contributed by atoms with Crippen LogP contribution in [0.4, 0.5) is 5.69 Å². The molecule has 162 valence electrons. The SMILES string of the molecule is CCN(CC)S(=O)(=O)c1ccc(NC(=O)CN2CCCC2CN2CCCC2)cc1. The third kappa shape index (κ3) is 5.57. The van der Waals surface area contributed by atoms with Gasteiger partial charge in [-0.25, -0.2) is 8.42 Å². The van der Waals surface area contributed by atoms with Crippen molar-refractivity contribution < 1.29 is 13.2 Å². The lowest BCUT2D eigenvalue weighted by Crippen LogP contribution is -2.42. The highest BCUT2D eigenvalue weighted by atomic mass is 32.2. The molecule has 1 amide bonds. The summed E-state index contributed by atoms with van der Waals surface area (Å²) in [6.45, 7) is 9.29. The fourth-order valence-corrected chi connectivity index (χ4v) is 5.84. The average molecular weight is 423 g/mol. The van der Waals surface area contributed by atoms with E-state index in [1.807, 2.05) is 13.8 Å². The van der Waals surface area contributed by atoms with E-state index in [9.17, 15) is 13.2 Å². The van der Waals surface area contributed by atoms with Crippen molar-refractivity contribution in [3.8, 4) is 0 Å². The summed E-state index contributed by atoms with van der Waals surface area (Å²) in [5.41, 5.74) is 0.629. The van der Waals surface area contributed by atoms with Gasteiger partial charge in [0.05, 0.1) is 11.4 Å². The molecule has 2 heterocycles. The van der Waals surface area contributed by atoms with Crippen LogP contribution in [-0.4, -0.2) is 80.3 Å². The highest BCUT2D eigenvalue weighted by Crippen LogP contribution is 2.21. The quantitative estimate of drug-likeness (QED) is 0.661. The maximum absolute atomic E-state index is 12.6. The van der Waals surface area contributed by atoms with E-state index in [4.69, 9.17) is 0 Å². The standard InChI is InChI=1S/C21H34N4O3S/c1-3-25(4-2)29(27,28)20-11-9-18(10-12-20)22-21(26)17-24-15-7-8-19(24)16-23-13-5-6-14-23/h9-12,19H,3-8,13-17H2,1-2H3,(H,22,26). The van der Waals surface area contributed by atoms with Crippen molar-refractivity contribution >= 4 is 21.6 Å². The zero-order valence-corrected chi connectivity index (χ0v) is 18.5. The summed E-state index contributed by atoms with van der Waals surface area (Å²) in [5, 5.41) is 2.92. The molecule has 8 heteroatoms. The third-order valence-electron chi connectivity index (χ3n) is 5.99. The van der Waals surface area contributed by atoms with Crippen LogP contribution < -0.4 is 5.32 Å². The minimum Gasteiger partial charge on any atom is -0.325 e. The van der Waals surface area contributed by atoms with Crippen LogP contribution in [0.25, 0.3) is 0 Å². The molecule has 2 saturated heterocycles. The number of benzene rings is 1. The summed E-state index contributed by atoms with van der Waals surface area (Å²) in [7, 11) is -3.48. The van der Waals surface area contributed by atoms with Gasteiger partial charge in [0.15, 0.2) is 0 Å². The molecule has 0 spiro atoms. The Labute approximate surface area is 175 Å². The monoisotopic (exact) mass is 422 g/mol. The van der Waals surface area contributed by atoms with Gasteiger partial charge in [-0.05, 0) is 69.6 Å². The highest BCUT2D eigenvalue weighted by Gasteiger charge is 2.28. The Bertz CT molecular complexity index is 772. The second-order valence-corrected chi connectivity index (χ2v) is 9.87. The molecule has 0 aromatic heterocycles. The van der Waals surface area contributed by atoms with Gasteiger partial charge >= 0.3 is 0 Å². The summed E-state index contributed by atoms with van der Waals surface area (Å²) >= 11 is 0. The second-order valence-electron chi connectivity index (χ2n) is 7.94. The van der Waals surface area contributed by atoms with Crippen LogP contribution in [0.3, 0.4) is 0 Å². The first-order valence-corrected chi connectivity index (χ1v) is 12.2. The van der Waals surface area contributed by atoms with E-state index < -0.39 is 10.0 Å². The van der Waals surface area contributed by atoms with Crippen molar-refractivity contribution in [3.05, 3.63) is 24.3 Å². The molecule has 2 fully saturated rings. The minimum absolute atomic E-state index is 0.0438. The maximum Gasteiger partial charge on any atom is 0.243 e. The largest absolute Gasteiger partial charge is 0.325 e. The van der Waals surface area contributed by atoms with Crippen LogP contribution in [0.5, 0.6) is 0 Å². The number of carbonyl (C=O) groups is 1. The van der Waals surface area contributed by atoms with E-state index in [-0.39, 0.29) is 10.8 Å². The van der Waals surface area contributed by atoms with Gasteiger partial charge in [-0.1, -0.05) is 13.8 Å². The molecule has 1 aromatic carbocycles. The van der Waals surface area contributed by atoms with Crippen molar-refractivity contribution in [2.24, 2.45) is 0 Å². The Morgan fingerprint density at radius 1 is 1.07 bits per heavy atom. The summed E-state index contributed by atoms with van der Waals surface area (Å²) in [6.07, 6.45) is 4.87. The Morgan fingerprint density at radius 2 is 1.72 bits per heavy atom. The normalized spacial score (nSPS) is 21.1. The van der Waals surface area contributed by atoms with Gasteiger partial charge < -0.3 is 10.2 Å². The second kappa shape index (κ2) is 10.0. The number of hydrogen-bond acceptors (Lipinski definition) is 5. The number of likely N-dealkylation sites (tertiary alicyclic amines) is 2. The van der Waals surface area contributed by atoms with E-state index in [1.54, 1.807) is 24.3 Å². The van der Waals surface area contributed by atoms with Crippen LogP contribution in [0.1, 0.15) is 39.5 Å². The molecule has 2 aliphatic rings. The highest BCUT2D eigenvalue weighted by molar-refractivity contribution is 7.89. The molecule has 0 bridgehead atoms. The Hall–Kier alpha value is -1.48. The van der Waals surface area contributed by atoms with Crippen LogP contribution >= 0.6 is 0 Å². The summed E-state index contributed by atoms with van der Waals surface area (Å²) in [4.78, 5) is 17.6. The lowest BCUT2D eigenvalue weighted by molar-refractivity contribution is -0.117. The minimum atomic E-state index is -3.48. The number of nitrogens with one attached hydrogen (secondary N) is 1. The Morgan fingerprint density at radius 3 is 2.34 bits per heavy atom. The van der Waals surface area contributed by atoms with Crippen molar-refractivity contribution in [2.75, 3.05) is 51.1 Å². The smallest absolute Gasteiger partial charge is 0.243 e. The van der Waals surface area contributed by atoms with Crippen molar-refractivity contribution in [2.45, 2.75) is 50.5 Å². The van der Waals surface area contributed by atoms with Crippen molar-refractivity contribution in [1.82, 2.24) is 14.1 Å². The lowest BCUT2D eigenvalue weighted by atomic mass is 10.2. The predicted octanol–water partition coefficient (Wildman–Crippen LogP) is 2.22. The molecule has 3 rings (SSSR count). The molecular weight excluding hydrogens is 388 g/mol. The summed E-state index contributed by atoms with van der Waals surface area (Å²) in [5.74, 6) is -0.0438. The molecule has 29 heavy (non-hydrogen) atoms. The first-order valence-electron chi connectivity index (χ1n) is 10.8.